The van der Waals surface area contributed by atoms with Crippen molar-refractivity contribution in [3.8, 4) is 17.1 Å². The fourth-order valence-corrected chi connectivity index (χ4v) is 2.28. The van der Waals surface area contributed by atoms with E-state index in [9.17, 15) is 5.11 Å². The van der Waals surface area contributed by atoms with E-state index in [-0.39, 0.29) is 5.75 Å². The molecule has 1 aromatic heterocycles. The van der Waals surface area contributed by atoms with Gasteiger partial charge < -0.3 is 9.52 Å². The van der Waals surface area contributed by atoms with E-state index in [4.69, 9.17) is 4.42 Å². The van der Waals surface area contributed by atoms with Crippen LogP contribution in [0.15, 0.2) is 69.1 Å². The number of furan rings is 1. The van der Waals surface area contributed by atoms with E-state index < -0.39 is 0 Å². The highest BCUT2D eigenvalue weighted by Crippen LogP contribution is 2.29. The number of aryl methyl sites for hydroxylation is 1. The summed E-state index contributed by atoms with van der Waals surface area (Å²) in [5.74, 6) is 0.880. The van der Waals surface area contributed by atoms with Gasteiger partial charge in [0.15, 0.2) is 5.09 Å². The van der Waals surface area contributed by atoms with E-state index in [2.05, 4.69) is 17.6 Å². The van der Waals surface area contributed by atoms with Gasteiger partial charge in [-0.15, -0.1) is 12.6 Å². The SMILES string of the molecule is Cc1ccc(-c2cc(C=Nc3ccccc3O)c(S)o2)cc1. The molecule has 4 heteroatoms. The van der Waals surface area contributed by atoms with Crippen LogP contribution in [0.3, 0.4) is 0 Å². The van der Waals surface area contributed by atoms with Crippen molar-refractivity contribution in [2.75, 3.05) is 0 Å². The average molecular weight is 309 g/mol. The Kier molecular flexibility index (Phi) is 4.02. The van der Waals surface area contributed by atoms with Crippen LogP contribution in [0.4, 0.5) is 5.69 Å². The van der Waals surface area contributed by atoms with E-state index in [1.54, 1.807) is 24.4 Å². The zero-order valence-electron chi connectivity index (χ0n) is 12.0. The molecular weight excluding hydrogens is 294 g/mol. The second-order valence-electron chi connectivity index (χ2n) is 4.98. The smallest absolute Gasteiger partial charge is 0.166 e. The van der Waals surface area contributed by atoms with Crippen LogP contribution in [-0.2, 0) is 0 Å². The van der Waals surface area contributed by atoms with Crippen molar-refractivity contribution < 1.29 is 9.52 Å². The summed E-state index contributed by atoms with van der Waals surface area (Å²) in [5.41, 5.74) is 3.46. The Hall–Kier alpha value is -2.46. The molecule has 3 nitrogen and oxygen atoms in total. The van der Waals surface area contributed by atoms with Crippen LogP contribution >= 0.6 is 12.6 Å². The lowest BCUT2D eigenvalue weighted by atomic mass is 10.1. The molecule has 0 aliphatic heterocycles. The Morgan fingerprint density at radius 2 is 1.82 bits per heavy atom. The van der Waals surface area contributed by atoms with E-state index in [0.29, 0.717) is 10.8 Å². The number of para-hydroxylation sites is 2. The number of hydrogen-bond acceptors (Lipinski definition) is 4. The summed E-state index contributed by atoms with van der Waals surface area (Å²) < 4.78 is 5.67. The van der Waals surface area contributed by atoms with Gasteiger partial charge in [0, 0.05) is 17.3 Å². The molecule has 0 saturated heterocycles. The van der Waals surface area contributed by atoms with Crippen LogP contribution < -0.4 is 0 Å². The summed E-state index contributed by atoms with van der Waals surface area (Å²) in [4.78, 5) is 4.27. The van der Waals surface area contributed by atoms with Gasteiger partial charge in [0.25, 0.3) is 0 Å². The molecule has 0 bridgehead atoms. The maximum Gasteiger partial charge on any atom is 0.166 e. The largest absolute Gasteiger partial charge is 0.506 e. The van der Waals surface area contributed by atoms with Crippen LogP contribution in [0.5, 0.6) is 5.75 Å². The number of rotatable bonds is 3. The molecule has 0 aliphatic carbocycles. The maximum atomic E-state index is 9.71. The van der Waals surface area contributed by atoms with Crippen LogP contribution in [0.25, 0.3) is 11.3 Å². The molecule has 0 unspecified atom stereocenters. The monoisotopic (exact) mass is 309 g/mol. The number of nitrogens with zero attached hydrogens (tertiary/aromatic N) is 1. The third-order valence-electron chi connectivity index (χ3n) is 3.30. The molecule has 2 aromatic carbocycles. The predicted molar refractivity (Wildman–Crippen MR) is 91.5 cm³/mol. The van der Waals surface area contributed by atoms with E-state index >= 15 is 0 Å². The molecule has 0 fully saturated rings. The quantitative estimate of drug-likeness (QED) is 0.528. The zero-order chi connectivity index (χ0) is 15.5. The lowest BCUT2D eigenvalue weighted by Crippen LogP contribution is -1.77. The summed E-state index contributed by atoms with van der Waals surface area (Å²) in [5, 5.41) is 10.2. The third-order valence-corrected chi connectivity index (χ3v) is 3.65. The van der Waals surface area contributed by atoms with Gasteiger partial charge in [0.05, 0.1) is 0 Å². The summed E-state index contributed by atoms with van der Waals surface area (Å²) in [7, 11) is 0. The maximum absolute atomic E-state index is 9.71. The molecule has 0 radical (unpaired) electrons. The number of hydrogen-bond donors (Lipinski definition) is 2. The first-order valence-electron chi connectivity index (χ1n) is 6.85. The Labute approximate surface area is 134 Å². The van der Waals surface area contributed by atoms with Gasteiger partial charge in [-0.25, -0.2) is 0 Å². The normalized spacial score (nSPS) is 11.2. The first kappa shape index (κ1) is 14.5. The van der Waals surface area contributed by atoms with Gasteiger partial charge >= 0.3 is 0 Å². The second kappa shape index (κ2) is 6.12. The fraction of sp³-hybridized carbons (Fsp3) is 0.0556. The summed E-state index contributed by atoms with van der Waals surface area (Å²) in [6, 6.07) is 16.9. The molecule has 0 aliphatic rings. The van der Waals surface area contributed by atoms with Gasteiger partial charge in [-0.1, -0.05) is 42.0 Å². The number of thiol groups is 1. The number of phenols is 1. The fourth-order valence-electron chi connectivity index (χ4n) is 2.06. The molecule has 110 valence electrons. The highest BCUT2D eigenvalue weighted by atomic mass is 32.1. The number of aromatic hydroxyl groups is 1. The van der Waals surface area contributed by atoms with Crippen molar-refractivity contribution in [2.45, 2.75) is 12.0 Å². The molecule has 3 aromatic rings. The number of benzene rings is 2. The molecule has 0 spiro atoms. The highest BCUT2D eigenvalue weighted by Gasteiger charge is 2.08. The summed E-state index contributed by atoms with van der Waals surface area (Å²) >= 11 is 4.34. The molecule has 0 amide bonds. The first-order valence-corrected chi connectivity index (χ1v) is 7.30. The predicted octanol–water partition coefficient (Wildman–Crippen LogP) is 5.00. The zero-order valence-corrected chi connectivity index (χ0v) is 12.9. The second-order valence-corrected chi connectivity index (χ2v) is 5.39. The van der Waals surface area contributed by atoms with Gasteiger partial charge in [-0.2, -0.15) is 0 Å². The first-order chi connectivity index (χ1) is 10.6. The van der Waals surface area contributed by atoms with Gasteiger partial charge in [-0.05, 0) is 25.1 Å². The van der Waals surface area contributed by atoms with Crippen LogP contribution in [0.1, 0.15) is 11.1 Å². The van der Waals surface area contributed by atoms with Crippen molar-refractivity contribution in [2.24, 2.45) is 4.99 Å². The van der Waals surface area contributed by atoms with Gasteiger partial charge in [-0.3, -0.25) is 4.99 Å². The Bertz CT molecular complexity index is 819. The number of phenolic OH excluding ortho intramolecular Hbond substituents is 1. The highest BCUT2D eigenvalue weighted by molar-refractivity contribution is 7.80. The molecule has 0 saturated carbocycles. The Morgan fingerprint density at radius 1 is 1.09 bits per heavy atom. The molecular formula is C18H15NO2S. The Morgan fingerprint density at radius 3 is 2.55 bits per heavy atom. The van der Waals surface area contributed by atoms with Crippen LogP contribution in [0.2, 0.25) is 0 Å². The average Bonchev–Trinajstić information content (AvgIpc) is 2.88. The summed E-state index contributed by atoms with van der Waals surface area (Å²) in [6.07, 6.45) is 1.64. The molecule has 3 rings (SSSR count). The van der Waals surface area contributed by atoms with Crippen molar-refractivity contribution in [1.82, 2.24) is 0 Å². The minimum atomic E-state index is 0.140. The molecule has 1 heterocycles. The van der Waals surface area contributed by atoms with E-state index in [1.807, 2.05) is 43.3 Å². The summed E-state index contributed by atoms with van der Waals surface area (Å²) in [6.45, 7) is 2.04. The topological polar surface area (TPSA) is 45.7 Å². The Balaban J connectivity index is 1.90. The third kappa shape index (κ3) is 3.07. The van der Waals surface area contributed by atoms with E-state index in [0.717, 1.165) is 16.9 Å². The standard InChI is InChI=1S/C18H15NO2S/c1-12-6-8-13(9-7-12)17-10-14(18(22)21-17)11-19-15-4-2-3-5-16(15)20/h2-11,20,22H,1H3. The van der Waals surface area contributed by atoms with Crippen molar-refractivity contribution in [1.29, 1.82) is 0 Å². The van der Waals surface area contributed by atoms with Gasteiger partial charge in [0.2, 0.25) is 0 Å². The minimum absolute atomic E-state index is 0.140. The van der Waals surface area contributed by atoms with E-state index in [1.165, 1.54) is 5.56 Å². The minimum Gasteiger partial charge on any atom is -0.506 e. The van der Waals surface area contributed by atoms with Crippen LogP contribution in [0, 0.1) is 6.92 Å². The van der Waals surface area contributed by atoms with Crippen LogP contribution in [-0.4, -0.2) is 11.3 Å². The molecule has 22 heavy (non-hydrogen) atoms. The molecule has 0 atom stereocenters. The van der Waals surface area contributed by atoms with Crippen molar-refractivity contribution in [3.63, 3.8) is 0 Å². The van der Waals surface area contributed by atoms with Crippen molar-refractivity contribution >= 4 is 24.5 Å². The lowest BCUT2D eigenvalue weighted by Gasteiger charge is -1.96. The lowest BCUT2D eigenvalue weighted by molar-refractivity contribution is 0.477. The number of aliphatic imine (C=N–C) groups is 1. The molecule has 1 N–H and O–H groups in total. The van der Waals surface area contributed by atoms with Crippen molar-refractivity contribution in [3.05, 3.63) is 65.7 Å². The van der Waals surface area contributed by atoms with Gasteiger partial charge in [0.1, 0.15) is 17.2 Å².